The van der Waals surface area contributed by atoms with Crippen molar-refractivity contribution in [2.75, 3.05) is 31.8 Å². The van der Waals surface area contributed by atoms with E-state index in [-0.39, 0.29) is 31.9 Å². The second-order valence-electron chi connectivity index (χ2n) is 9.42. The van der Waals surface area contributed by atoms with Gasteiger partial charge in [0.2, 0.25) is 12.7 Å². The number of thiophene rings is 1. The highest BCUT2D eigenvalue weighted by molar-refractivity contribution is 7.10. The van der Waals surface area contributed by atoms with E-state index >= 15 is 0 Å². The first-order valence-corrected chi connectivity index (χ1v) is 13.4. The molecule has 2 aliphatic heterocycles. The lowest BCUT2D eigenvalue weighted by molar-refractivity contribution is -0.133. The Kier molecular flexibility index (Phi) is 8.09. The number of halogens is 1. The van der Waals surface area contributed by atoms with Crippen LogP contribution in [-0.2, 0) is 22.6 Å². The lowest BCUT2D eigenvalue weighted by Gasteiger charge is -2.29. The number of nitrogens with zero attached hydrogens (tertiary/aromatic N) is 2. The highest BCUT2D eigenvalue weighted by Crippen LogP contribution is 2.33. The fourth-order valence-corrected chi connectivity index (χ4v) is 5.44. The van der Waals surface area contributed by atoms with Crippen molar-refractivity contribution in [3.63, 3.8) is 0 Å². The van der Waals surface area contributed by atoms with Crippen molar-refractivity contribution in [2.45, 2.75) is 39.0 Å². The molecule has 5 rings (SSSR count). The van der Waals surface area contributed by atoms with Crippen LogP contribution >= 0.6 is 11.3 Å². The monoisotopic (exact) mass is 539 g/mol. The first-order valence-electron chi connectivity index (χ1n) is 12.6. The number of carbonyl (C=O) groups excluding carboxylic acids is 2. The summed E-state index contributed by atoms with van der Waals surface area (Å²) in [4.78, 5) is 31.3. The zero-order valence-electron chi connectivity index (χ0n) is 21.2. The molecule has 8 nitrogen and oxygen atoms in total. The van der Waals surface area contributed by atoms with E-state index in [0.717, 1.165) is 28.8 Å². The van der Waals surface area contributed by atoms with Crippen LogP contribution in [0.4, 0.5) is 14.9 Å². The molecule has 0 radical (unpaired) electrons. The minimum atomic E-state index is -0.477. The predicted octanol–water partition coefficient (Wildman–Crippen LogP) is 5.17. The van der Waals surface area contributed by atoms with Gasteiger partial charge in [-0.05, 0) is 72.7 Å². The number of carbonyl (C=O) groups is 2. The molecule has 1 saturated heterocycles. The number of nitrogens with one attached hydrogen (secondary N) is 1. The van der Waals surface area contributed by atoms with E-state index in [1.54, 1.807) is 22.3 Å². The number of hydrogen-bond donors (Lipinski definition) is 1. The molecule has 0 spiro atoms. The van der Waals surface area contributed by atoms with E-state index in [0.29, 0.717) is 36.9 Å². The molecule has 1 atom stereocenters. The minimum absolute atomic E-state index is 0.143. The van der Waals surface area contributed by atoms with Crippen molar-refractivity contribution >= 4 is 29.0 Å². The zero-order chi connectivity index (χ0) is 26.5. The average molecular weight is 540 g/mol. The Labute approximate surface area is 224 Å². The Morgan fingerprint density at radius 3 is 2.71 bits per heavy atom. The van der Waals surface area contributed by atoms with Crippen LogP contribution in [0.3, 0.4) is 0 Å². The highest BCUT2D eigenvalue weighted by atomic mass is 32.1. The number of aryl methyl sites for hydroxylation is 1. The third kappa shape index (κ3) is 6.43. The van der Waals surface area contributed by atoms with Gasteiger partial charge in [0.1, 0.15) is 12.4 Å². The molecule has 0 aliphatic carbocycles. The molecule has 1 N–H and O–H groups in total. The fraction of sp³-hybridized carbons (Fsp3) is 0.357. The number of hydrogen-bond acceptors (Lipinski definition) is 6. The molecule has 10 heteroatoms. The average Bonchev–Trinajstić information content (AvgIpc) is 3.66. The Bertz CT molecular complexity index is 1290. The summed E-state index contributed by atoms with van der Waals surface area (Å²) in [5.74, 6) is 0.669. The molecule has 3 amide bonds. The maximum Gasteiger partial charge on any atom is 0.322 e. The topological polar surface area (TPSA) is 80.3 Å². The largest absolute Gasteiger partial charge is 0.454 e. The Morgan fingerprint density at radius 1 is 1.08 bits per heavy atom. The van der Waals surface area contributed by atoms with Gasteiger partial charge in [-0.3, -0.25) is 4.79 Å². The molecule has 0 bridgehead atoms. The quantitative estimate of drug-likeness (QED) is 0.406. The molecule has 0 saturated carbocycles. The summed E-state index contributed by atoms with van der Waals surface area (Å²) in [6.07, 6.45) is 1.57. The van der Waals surface area contributed by atoms with E-state index in [2.05, 4.69) is 5.32 Å². The summed E-state index contributed by atoms with van der Waals surface area (Å²) in [5.41, 5.74) is 2.33. The normalized spacial score (nSPS) is 15.9. The van der Waals surface area contributed by atoms with Gasteiger partial charge in [0.25, 0.3) is 0 Å². The van der Waals surface area contributed by atoms with Crippen LogP contribution in [-0.4, -0.2) is 54.3 Å². The number of fused-ring (bicyclic) bond motifs is 1. The number of benzene rings is 2. The second kappa shape index (κ2) is 11.8. The van der Waals surface area contributed by atoms with Crippen LogP contribution in [0.5, 0.6) is 11.5 Å². The van der Waals surface area contributed by atoms with Gasteiger partial charge in [-0.2, -0.15) is 0 Å². The summed E-state index contributed by atoms with van der Waals surface area (Å²) in [7, 11) is 0. The summed E-state index contributed by atoms with van der Waals surface area (Å²) in [6.45, 7) is 3.70. The molecule has 1 aromatic heterocycles. The molecule has 38 heavy (non-hydrogen) atoms. The van der Waals surface area contributed by atoms with Crippen LogP contribution in [0, 0.1) is 12.7 Å². The first-order chi connectivity index (χ1) is 18.4. The van der Waals surface area contributed by atoms with Crippen LogP contribution in [0.25, 0.3) is 0 Å². The van der Waals surface area contributed by atoms with E-state index in [1.807, 2.05) is 36.6 Å². The molecule has 1 fully saturated rings. The number of amides is 3. The Morgan fingerprint density at radius 2 is 1.95 bits per heavy atom. The van der Waals surface area contributed by atoms with E-state index in [4.69, 9.17) is 14.2 Å². The molecule has 2 aromatic carbocycles. The van der Waals surface area contributed by atoms with E-state index in [9.17, 15) is 14.0 Å². The summed E-state index contributed by atoms with van der Waals surface area (Å²) < 4.78 is 30.4. The number of urea groups is 1. The molecular weight excluding hydrogens is 509 g/mol. The third-order valence-electron chi connectivity index (χ3n) is 6.60. The molecule has 2 aliphatic rings. The molecule has 3 aromatic rings. The van der Waals surface area contributed by atoms with Gasteiger partial charge in [0.15, 0.2) is 11.5 Å². The van der Waals surface area contributed by atoms with Crippen LogP contribution < -0.4 is 14.8 Å². The van der Waals surface area contributed by atoms with Crippen LogP contribution in [0.2, 0.25) is 0 Å². The lowest BCUT2D eigenvalue weighted by atomic mass is 10.1. The van der Waals surface area contributed by atoms with Gasteiger partial charge in [0.05, 0.1) is 12.6 Å². The Balaban J connectivity index is 1.35. The first kappa shape index (κ1) is 26.0. The number of anilines is 1. The third-order valence-corrected chi connectivity index (χ3v) is 7.61. The van der Waals surface area contributed by atoms with Crippen LogP contribution in [0.15, 0.2) is 53.9 Å². The fourth-order valence-electron chi connectivity index (χ4n) is 4.52. The van der Waals surface area contributed by atoms with Crippen molar-refractivity contribution in [3.05, 3.63) is 75.7 Å². The van der Waals surface area contributed by atoms with Crippen molar-refractivity contribution < 1.29 is 28.2 Å². The molecule has 0 unspecified atom stereocenters. The number of ether oxygens (including phenoxy) is 3. The van der Waals surface area contributed by atoms with Crippen LogP contribution in [0.1, 0.15) is 28.8 Å². The van der Waals surface area contributed by atoms with Gasteiger partial charge in [-0.1, -0.05) is 12.1 Å². The summed E-state index contributed by atoms with van der Waals surface area (Å²) in [6, 6.07) is 12.9. The summed E-state index contributed by atoms with van der Waals surface area (Å²) in [5, 5.41) is 4.73. The van der Waals surface area contributed by atoms with Crippen molar-refractivity contribution in [3.8, 4) is 11.5 Å². The van der Waals surface area contributed by atoms with Gasteiger partial charge < -0.3 is 29.3 Å². The second-order valence-corrected chi connectivity index (χ2v) is 10.4. The van der Waals surface area contributed by atoms with Crippen molar-refractivity contribution in [1.29, 1.82) is 0 Å². The SMILES string of the molecule is Cc1ccsc1CN(Cc1ccc2c(c1)OCO2)C(=O)CN(C[C@H]1CCCO1)C(=O)Nc1cccc(F)c1. The standard InChI is InChI=1S/C28H30FN3O5S/c1-19-9-11-38-26(19)16-31(14-20-7-8-24-25(12-20)37-18-36-24)27(33)17-32(15-23-6-3-10-35-23)28(34)30-22-5-2-4-21(29)13-22/h2,4-5,7-9,11-13,23H,3,6,10,14-18H2,1H3,(H,30,34)/t23-/m1/s1. The zero-order valence-corrected chi connectivity index (χ0v) is 22.0. The van der Waals surface area contributed by atoms with Gasteiger partial charge in [0, 0.05) is 30.3 Å². The van der Waals surface area contributed by atoms with Gasteiger partial charge in [-0.25, -0.2) is 9.18 Å². The molecular formula is C28H30FN3O5S. The maximum atomic E-state index is 13.8. The van der Waals surface area contributed by atoms with Crippen molar-refractivity contribution in [2.24, 2.45) is 0 Å². The molecule has 3 heterocycles. The van der Waals surface area contributed by atoms with Gasteiger partial charge in [-0.15, -0.1) is 11.3 Å². The maximum absolute atomic E-state index is 13.8. The number of rotatable bonds is 9. The Hall–Kier alpha value is -3.63. The van der Waals surface area contributed by atoms with E-state index in [1.165, 1.54) is 23.1 Å². The van der Waals surface area contributed by atoms with Crippen molar-refractivity contribution in [1.82, 2.24) is 9.80 Å². The van der Waals surface area contributed by atoms with Gasteiger partial charge >= 0.3 is 6.03 Å². The smallest absolute Gasteiger partial charge is 0.322 e. The summed E-state index contributed by atoms with van der Waals surface area (Å²) >= 11 is 1.59. The highest BCUT2D eigenvalue weighted by Gasteiger charge is 2.27. The van der Waals surface area contributed by atoms with E-state index < -0.39 is 11.8 Å². The molecule has 200 valence electrons. The predicted molar refractivity (Wildman–Crippen MR) is 142 cm³/mol. The minimum Gasteiger partial charge on any atom is -0.454 e. The lowest BCUT2D eigenvalue weighted by Crippen LogP contribution is -2.46.